The summed E-state index contributed by atoms with van der Waals surface area (Å²) in [4.78, 5) is 0. The second-order valence-corrected chi connectivity index (χ2v) is 5.06. The fourth-order valence-electron chi connectivity index (χ4n) is 1.56. The van der Waals surface area contributed by atoms with Gasteiger partial charge in [0.25, 0.3) is 0 Å². The molecule has 1 rings (SSSR count). The van der Waals surface area contributed by atoms with Crippen LogP contribution in [0, 0.1) is 5.92 Å². The molecule has 0 radical (unpaired) electrons. The van der Waals surface area contributed by atoms with Crippen molar-refractivity contribution in [1.29, 1.82) is 0 Å². The van der Waals surface area contributed by atoms with Gasteiger partial charge in [0.2, 0.25) is 0 Å². The molecule has 2 N–H and O–H groups in total. The lowest BCUT2D eigenvalue weighted by atomic mass is 9.93. The van der Waals surface area contributed by atoms with Crippen LogP contribution in [0.3, 0.4) is 0 Å². The van der Waals surface area contributed by atoms with Gasteiger partial charge in [0.15, 0.2) is 0 Å². The Morgan fingerprint density at radius 2 is 2.00 bits per heavy atom. The van der Waals surface area contributed by atoms with Crippen LogP contribution in [-0.4, -0.2) is 6.36 Å². The number of alkyl halides is 3. The Morgan fingerprint density at radius 3 is 2.50 bits per heavy atom. The SMILES string of the molecule is CCC(C)[C@@H](N)c1cc(Br)ccc1OC(F)(F)F. The molecule has 0 aliphatic rings. The zero-order valence-electron chi connectivity index (χ0n) is 10.1. The van der Waals surface area contributed by atoms with Gasteiger partial charge in [0.1, 0.15) is 5.75 Å². The van der Waals surface area contributed by atoms with Gasteiger partial charge in [-0.2, -0.15) is 0 Å². The van der Waals surface area contributed by atoms with Crippen molar-refractivity contribution in [2.45, 2.75) is 32.7 Å². The zero-order valence-corrected chi connectivity index (χ0v) is 11.7. The first-order chi connectivity index (χ1) is 8.24. The van der Waals surface area contributed by atoms with E-state index in [1.54, 1.807) is 6.07 Å². The van der Waals surface area contributed by atoms with Gasteiger partial charge in [-0.25, -0.2) is 0 Å². The first-order valence-electron chi connectivity index (χ1n) is 5.55. The second kappa shape index (κ2) is 5.93. The van der Waals surface area contributed by atoms with Crippen molar-refractivity contribution in [2.75, 3.05) is 0 Å². The molecule has 2 atom stereocenters. The van der Waals surface area contributed by atoms with E-state index < -0.39 is 12.4 Å². The molecule has 102 valence electrons. The van der Waals surface area contributed by atoms with E-state index in [4.69, 9.17) is 5.73 Å². The molecule has 1 aromatic carbocycles. The van der Waals surface area contributed by atoms with Gasteiger partial charge < -0.3 is 10.5 Å². The highest BCUT2D eigenvalue weighted by Gasteiger charge is 2.33. The second-order valence-electron chi connectivity index (χ2n) is 4.14. The maximum Gasteiger partial charge on any atom is 0.573 e. The molecule has 0 saturated carbocycles. The first-order valence-corrected chi connectivity index (χ1v) is 6.34. The standard InChI is InChI=1S/C12H15BrF3NO/c1-3-7(2)11(17)9-6-8(13)4-5-10(9)18-12(14,15)16/h4-7,11H,3,17H2,1-2H3/t7?,11-/m1/s1. The molecule has 0 saturated heterocycles. The fourth-order valence-corrected chi connectivity index (χ4v) is 1.94. The lowest BCUT2D eigenvalue weighted by Gasteiger charge is -2.22. The summed E-state index contributed by atoms with van der Waals surface area (Å²) in [6.07, 6.45) is -3.93. The van der Waals surface area contributed by atoms with Crippen LogP contribution < -0.4 is 10.5 Å². The quantitative estimate of drug-likeness (QED) is 0.890. The van der Waals surface area contributed by atoms with Gasteiger partial charge in [-0.15, -0.1) is 13.2 Å². The van der Waals surface area contributed by atoms with E-state index in [-0.39, 0.29) is 11.7 Å². The summed E-state index contributed by atoms with van der Waals surface area (Å²) in [5.74, 6) is -0.173. The summed E-state index contributed by atoms with van der Waals surface area (Å²) in [5, 5.41) is 0. The Balaban J connectivity index is 3.11. The van der Waals surface area contributed by atoms with E-state index in [0.717, 1.165) is 6.42 Å². The number of nitrogens with two attached hydrogens (primary N) is 1. The van der Waals surface area contributed by atoms with Gasteiger partial charge in [0.05, 0.1) is 0 Å². The van der Waals surface area contributed by atoms with Crippen molar-refractivity contribution in [2.24, 2.45) is 11.7 Å². The largest absolute Gasteiger partial charge is 0.573 e. The maximum absolute atomic E-state index is 12.3. The Morgan fingerprint density at radius 1 is 1.39 bits per heavy atom. The molecular weight excluding hydrogens is 311 g/mol. The summed E-state index contributed by atoms with van der Waals surface area (Å²) in [5.41, 5.74) is 6.33. The van der Waals surface area contributed by atoms with Crippen LogP contribution in [0.2, 0.25) is 0 Å². The molecule has 0 aliphatic carbocycles. The summed E-state index contributed by atoms with van der Waals surface area (Å²) < 4.78 is 41.6. The molecule has 0 heterocycles. The van der Waals surface area contributed by atoms with Crippen molar-refractivity contribution in [1.82, 2.24) is 0 Å². The van der Waals surface area contributed by atoms with Crippen molar-refractivity contribution >= 4 is 15.9 Å². The number of hydrogen-bond donors (Lipinski definition) is 1. The maximum atomic E-state index is 12.3. The highest BCUT2D eigenvalue weighted by Crippen LogP contribution is 2.35. The van der Waals surface area contributed by atoms with Crippen molar-refractivity contribution < 1.29 is 17.9 Å². The Kier molecular flexibility index (Phi) is 5.04. The minimum absolute atomic E-state index is 0.0647. The molecule has 0 fully saturated rings. The van der Waals surface area contributed by atoms with Crippen LogP contribution in [0.15, 0.2) is 22.7 Å². The highest BCUT2D eigenvalue weighted by atomic mass is 79.9. The first kappa shape index (κ1) is 15.3. The van der Waals surface area contributed by atoms with Crippen molar-refractivity contribution in [3.8, 4) is 5.75 Å². The van der Waals surface area contributed by atoms with E-state index in [2.05, 4.69) is 20.7 Å². The third kappa shape index (κ3) is 4.17. The number of rotatable bonds is 4. The average Bonchev–Trinajstić information content (AvgIpc) is 2.27. The van der Waals surface area contributed by atoms with Gasteiger partial charge in [-0.3, -0.25) is 0 Å². The Bertz CT molecular complexity index is 409. The number of halogens is 4. The third-order valence-electron chi connectivity index (χ3n) is 2.81. The summed E-state index contributed by atoms with van der Waals surface area (Å²) in [6.45, 7) is 3.83. The molecule has 0 amide bonds. The smallest absolute Gasteiger partial charge is 0.405 e. The van der Waals surface area contributed by atoms with Crippen LogP contribution in [0.4, 0.5) is 13.2 Å². The minimum Gasteiger partial charge on any atom is -0.405 e. The van der Waals surface area contributed by atoms with Crippen LogP contribution in [-0.2, 0) is 0 Å². The molecule has 0 aliphatic heterocycles. The van der Waals surface area contributed by atoms with Crippen LogP contribution in [0.5, 0.6) is 5.75 Å². The molecule has 1 aromatic rings. The molecule has 0 aromatic heterocycles. The van der Waals surface area contributed by atoms with Gasteiger partial charge >= 0.3 is 6.36 Å². The van der Waals surface area contributed by atoms with E-state index in [1.165, 1.54) is 12.1 Å². The van der Waals surface area contributed by atoms with E-state index >= 15 is 0 Å². The van der Waals surface area contributed by atoms with E-state index in [0.29, 0.717) is 10.0 Å². The number of ether oxygens (including phenoxy) is 1. The highest BCUT2D eigenvalue weighted by molar-refractivity contribution is 9.10. The minimum atomic E-state index is -4.71. The topological polar surface area (TPSA) is 35.2 Å². The van der Waals surface area contributed by atoms with Crippen molar-refractivity contribution in [3.05, 3.63) is 28.2 Å². The molecule has 6 heteroatoms. The van der Waals surface area contributed by atoms with Gasteiger partial charge in [0, 0.05) is 16.1 Å². The number of hydrogen-bond acceptors (Lipinski definition) is 2. The lowest BCUT2D eigenvalue weighted by molar-refractivity contribution is -0.275. The monoisotopic (exact) mass is 325 g/mol. The molecule has 18 heavy (non-hydrogen) atoms. The summed E-state index contributed by atoms with van der Waals surface area (Å²) in [7, 11) is 0. The van der Waals surface area contributed by atoms with Crippen molar-refractivity contribution in [3.63, 3.8) is 0 Å². The summed E-state index contributed by atoms with van der Waals surface area (Å²) >= 11 is 3.22. The predicted octanol–water partition coefficient (Wildman–Crippen LogP) is 4.39. The third-order valence-corrected chi connectivity index (χ3v) is 3.31. The van der Waals surface area contributed by atoms with E-state index in [1.807, 2.05) is 13.8 Å². The molecule has 1 unspecified atom stereocenters. The molecular formula is C12H15BrF3NO. The normalized spacial score (nSPS) is 15.3. The fraction of sp³-hybridized carbons (Fsp3) is 0.500. The van der Waals surface area contributed by atoms with Crippen LogP contribution in [0.25, 0.3) is 0 Å². The summed E-state index contributed by atoms with van der Waals surface area (Å²) in [6, 6.07) is 3.84. The number of benzene rings is 1. The van der Waals surface area contributed by atoms with Gasteiger partial charge in [-0.1, -0.05) is 36.2 Å². The predicted molar refractivity (Wildman–Crippen MR) is 67.2 cm³/mol. The molecule has 0 bridgehead atoms. The molecule has 2 nitrogen and oxygen atoms in total. The Labute approximate surface area is 112 Å². The molecule has 0 spiro atoms. The van der Waals surface area contributed by atoms with Crippen LogP contribution >= 0.6 is 15.9 Å². The average molecular weight is 326 g/mol. The lowest BCUT2D eigenvalue weighted by Crippen LogP contribution is -2.23. The Hall–Kier alpha value is -0.750. The van der Waals surface area contributed by atoms with E-state index in [9.17, 15) is 13.2 Å². The zero-order chi connectivity index (χ0) is 13.9. The van der Waals surface area contributed by atoms with Gasteiger partial charge in [-0.05, 0) is 24.1 Å². The van der Waals surface area contributed by atoms with Crippen LogP contribution in [0.1, 0.15) is 31.9 Å².